The van der Waals surface area contributed by atoms with E-state index in [4.69, 9.17) is 32.7 Å². The average molecular weight is 345 g/mol. The Labute approximate surface area is 134 Å². The third-order valence-corrected chi connectivity index (χ3v) is 4.80. The molecule has 1 aromatic carbocycles. The molecule has 21 heavy (non-hydrogen) atoms. The summed E-state index contributed by atoms with van der Waals surface area (Å²) in [6.07, 6.45) is 1.28. The van der Waals surface area contributed by atoms with E-state index in [1.807, 2.05) is 6.07 Å². The first-order chi connectivity index (χ1) is 10.1. The number of ether oxygens (including phenoxy) is 2. The first-order valence-electron chi connectivity index (χ1n) is 6.05. The van der Waals surface area contributed by atoms with Crippen LogP contribution in [-0.2, 0) is 21.3 Å². The van der Waals surface area contributed by atoms with Gasteiger partial charge in [-0.3, -0.25) is 4.79 Å². The van der Waals surface area contributed by atoms with Crippen LogP contribution in [0.15, 0.2) is 29.1 Å². The monoisotopic (exact) mass is 344 g/mol. The maximum absolute atomic E-state index is 12.0. The van der Waals surface area contributed by atoms with E-state index >= 15 is 0 Å². The van der Waals surface area contributed by atoms with Gasteiger partial charge in [-0.15, -0.1) is 0 Å². The number of hydrogen-bond donors (Lipinski definition) is 0. The van der Waals surface area contributed by atoms with Gasteiger partial charge in [0.05, 0.1) is 20.3 Å². The minimum absolute atomic E-state index is 0.0998. The van der Waals surface area contributed by atoms with Crippen LogP contribution in [0, 0.1) is 0 Å². The third-order valence-electron chi connectivity index (χ3n) is 2.91. The van der Waals surface area contributed by atoms with Gasteiger partial charge in [-0.25, -0.2) is 0 Å². The summed E-state index contributed by atoms with van der Waals surface area (Å²) in [6, 6.07) is 3.56. The molecule has 2 heterocycles. The van der Waals surface area contributed by atoms with Crippen molar-refractivity contribution in [2.24, 2.45) is 12.0 Å². The Hall–Kier alpha value is -1.50. The van der Waals surface area contributed by atoms with Crippen LogP contribution in [0.3, 0.4) is 0 Å². The zero-order valence-electron chi connectivity index (χ0n) is 10.9. The smallest absolute Gasteiger partial charge is 0.317 e. The van der Waals surface area contributed by atoms with Gasteiger partial charge in [0, 0.05) is 7.05 Å². The van der Waals surface area contributed by atoms with Crippen molar-refractivity contribution < 1.29 is 14.3 Å². The highest BCUT2D eigenvalue weighted by atomic mass is 35.5. The molecule has 0 spiro atoms. The fourth-order valence-corrected chi connectivity index (χ4v) is 3.43. The topological polar surface area (TPSA) is 52.8 Å². The Morgan fingerprint density at radius 3 is 2.90 bits per heavy atom. The van der Waals surface area contributed by atoms with Gasteiger partial charge >= 0.3 is 5.91 Å². The van der Waals surface area contributed by atoms with Crippen LogP contribution >= 0.6 is 34.5 Å². The Balaban J connectivity index is 2.10. The van der Waals surface area contributed by atoms with E-state index in [2.05, 4.69) is 4.99 Å². The molecule has 0 saturated heterocycles. The molecule has 110 valence electrons. The fourth-order valence-electron chi connectivity index (χ4n) is 1.90. The van der Waals surface area contributed by atoms with E-state index in [9.17, 15) is 4.79 Å². The highest BCUT2D eigenvalue weighted by molar-refractivity contribution is 7.16. The maximum Gasteiger partial charge on any atom is 0.317 e. The van der Waals surface area contributed by atoms with Crippen molar-refractivity contribution in [1.82, 2.24) is 4.57 Å². The second-order valence-corrected chi connectivity index (χ2v) is 6.06. The molecule has 1 aliphatic heterocycles. The summed E-state index contributed by atoms with van der Waals surface area (Å²) in [5.41, 5.74) is 0.746. The summed E-state index contributed by atoms with van der Waals surface area (Å²) < 4.78 is 12.9. The van der Waals surface area contributed by atoms with Gasteiger partial charge in [-0.05, 0) is 12.1 Å². The van der Waals surface area contributed by atoms with Gasteiger partial charge in [-0.2, -0.15) is 4.99 Å². The predicted octanol–water partition coefficient (Wildman–Crippen LogP) is 2.86. The van der Waals surface area contributed by atoms with Crippen LogP contribution in [0.1, 0.15) is 0 Å². The lowest BCUT2D eigenvalue weighted by Gasteiger charge is -2.12. The summed E-state index contributed by atoms with van der Waals surface area (Å²) >= 11 is 13.6. The van der Waals surface area contributed by atoms with Gasteiger partial charge < -0.3 is 14.0 Å². The predicted molar refractivity (Wildman–Crippen MR) is 81.4 cm³/mol. The molecule has 3 rings (SSSR count). The van der Waals surface area contributed by atoms with E-state index < -0.39 is 5.91 Å². The number of aromatic nitrogens is 1. The zero-order chi connectivity index (χ0) is 15.0. The summed E-state index contributed by atoms with van der Waals surface area (Å²) in [6.45, 7) is 0.772. The Morgan fingerprint density at radius 2 is 2.19 bits per heavy atom. The molecule has 1 aromatic heterocycles. The quantitative estimate of drug-likeness (QED) is 0.799. The molecular formula is C13H10Cl2N2O3S. The highest BCUT2D eigenvalue weighted by Crippen LogP contribution is 2.31. The molecule has 1 amide bonds. The molecule has 0 atom stereocenters. The number of thiazole rings is 1. The van der Waals surface area contributed by atoms with Crippen LogP contribution in [0.4, 0.5) is 0 Å². The molecule has 0 unspecified atom stereocenters. The van der Waals surface area contributed by atoms with Crippen LogP contribution in [0.2, 0.25) is 10.0 Å². The number of aryl methyl sites for hydroxylation is 1. The van der Waals surface area contributed by atoms with Crippen molar-refractivity contribution in [2.75, 3.05) is 13.2 Å². The molecule has 0 saturated carbocycles. The van der Waals surface area contributed by atoms with Crippen LogP contribution in [0.5, 0.6) is 0 Å². The zero-order valence-corrected chi connectivity index (χ0v) is 13.3. The normalized spacial score (nSPS) is 15.6. The van der Waals surface area contributed by atoms with E-state index in [-0.39, 0.29) is 5.76 Å². The number of fused-ring (bicyclic) bond motifs is 1. The van der Waals surface area contributed by atoms with Gasteiger partial charge in [0.1, 0.15) is 19.5 Å². The average Bonchev–Trinajstić information content (AvgIpc) is 2.81. The van der Waals surface area contributed by atoms with Crippen molar-refractivity contribution >= 4 is 50.7 Å². The molecular weight excluding hydrogens is 335 g/mol. The first kappa shape index (κ1) is 14.4. The largest absolute Gasteiger partial charge is 0.494 e. The number of amides is 1. The Kier molecular flexibility index (Phi) is 3.93. The summed E-state index contributed by atoms with van der Waals surface area (Å²) in [4.78, 5) is 16.6. The highest BCUT2D eigenvalue weighted by Gasteiger charge is 2.16. The number of carbonyl (C=O) groups excluding carboxylic acids is 1. The van der Waals surface area contributed by atoms with Gasteiger partial charge in [0.15, 0.2) is 4.80 Å². The second kappa shape index (κ2) is 5.71. The standard InChI is InChI=1S/C13H10Cl2N2O3S/c1-17-11-9(3-2-7(14)10(11)15)21-13(17)16-12(18)8-6-19-4-5-20-8/h2-3,6H,4-5H2,1H3. The number of halogens is 2. The SMILES string of the molecule is Cn1c(=NC(=O)C2=COCCO2)sc2ccc(Cl)c(Cl)c21. The number of carbonyl (C=O) groups is 1. The van der Waals surface area contributed by atoms with Crippen LogP contribution < -0.4 is 4.80 Å². The van der Waals surface area contributed by atoms with Crippen LogP contribution in [-0.4, -0.2) is 23.7 Å². The minimum atomic E-state index is -0.487. The molecule has 0 radical (unpaired) electrons. The molecule has 0 fully saturated rings. The Morgan fingerprint density at radius 1 is 1.38 bits per heavy atom. The first-order valence-corrected chi connectivity index (χ1v) is 7.62. The lowest BCUT2D eigenvalue weighted by Crippen LogP contribution is -2.18. The van der Waals surface area contributed by atoms with Gasteiger partial charge in [-0.1, -0.05) is 34.5 Å². The van der Waals surface area contributed by atoms with Crippen molar-refractivity contribution in [1.29, 1.82) is 0 Å². The van der Waals surface area contributed by atoms with E-state index in [1.54, 1.807) is 17.7 Å². The summed E-state index contributed by atoms with van der Waals surface area (Å²) in [5.74, 6) is -0.387. The molecule has 8 heteroatoms. The van der Waals surface area contributed by atoms with Crippen LogP contribution in [0.25, 0.3) is 10.2 Å². The molecule has 5 nitrogen and oxygen atoms in total. The minimum Gasteiger partial charge on any atom is -0.494 e. The molecule has 1 aliphatic rings. The number of rotatable bonds is 1. The van der Waals surface area contributed by atoms with E-state index in [1.165, 1.54) is 17.6 Å². The number of hydrogen-bond acceptors (Lipinski definition) is 4. The Bertz CT molecular complexity index is 823. The van der Waals surface area contributed by atoms with Gasteiger partial charge in [0.25, 0.3) is 0 Å². The summed E-state index contributed by atoms with van der Waals surface area (Å²) in [5, 5.41) is 0.903. The lowest BCUT2D eigenvalue weighted by atomic mass is 10.3. The summed E-state index contributed by atoms with van der Waals surface area (Å²) in [7, 11) is 1.78. The molecule has 0 aliphatic carbocycles. The van der Waals surface area contributed by atoms with Crippen molar-refractivity contribution in [3.63, 3.8) is 0 Å². The molecule has 2 aromatic rings. The lowest BCUT2D eigenvalue weighted by molar-refractivity contribution is -0.119. The van der Waals surface area contributed by atoms with E-state index in [0.717, 1.165) is 10.2 Å². The van der Waals surface area contributed by atoms with Crippen molar-refractivity contribution in [2.45, 2.75) is 0 Å². The van der Waals surface area contributed by atoms with E-state index in [0.29, 0.717) is 28.1 Å². The third kappa shape index (κ3) is 2.66. The molecule has 0 N–H and O–H groups in total. The number of nitrogens with zero attached hydrogens (tertiary/aromatic N) is 2. The van der Waals surface area contributed by atoms with Crippen molar-refractivity contribution in [3.05, 3.63) is 39.0 Å². The van der Waals surface area contributed by atoms with Gasteiger partial charge in [0.2, 0.25) is 5.76 Å². The fraction of sp³-hybridized carbons (Fsp3) is 0.231. The second-order valence-electron chi connectivity index (χ2n) is 4.27. The number of benzene rings is 1. The molecule has 0 bridgehead atoms. The van der Waals surface area contributed by atoms with Crippen molar-refractivity contribution in [3.8, 4) is 0 Å². The maximum atomic E-state index is 12.0.